The number of unbranched alkanes of at least 4 members (excludes halogenated alkanes) is 1. The summed E-state index contributed by atoms with van der Waals surface area (Å²) in [5.41, 5.74) is 1.20. The third kappa shape index (κ3) is 6.94. The maximum Gasteiger partial charge on any atom is 0.175 e. The van der Waals surface area contributed by atoms with Gasteiger partial charge in [0, 0.05) is 6.54 Å². The molecule has 0 aliphatic rings. The van der Waals surface area contributed by atoms with Crippen molar-refractivity contribution >= 4 is 27.7 Å². The first-order valence-electron chi connectivity index (χ1n) is 7.41. The molecule has 1 rings (SSSR count). The molecule has 0 atom stereocenters. The first kappa shape index (κ1) is 18.7. The molecule has 0 aromatic heterocycles. The highest BCUT2D eigenvalue weighted by atomic mass is 79.9. The third-order valence-electron chi connectivity index (χ3n) is 3.02. The van der Waals surface area contributed by atoms with E-state index < -0.39 is 0 Å². The Balaban J connectivity index is 2.53. The second-order valence-electron chi connectivity index (χ2n) is 4.83. The lowest BCUT2D eigenvalue weighted by Crippen LogP contribution is -2.15. The van der Waals surface area contributed by atoms with Gasteiger partial charge in [0.05, 0.1) is 18.2 Å². The third-order valence-corrected chi connectivity index (χ3v) is 4.31. The molecule has 120 valence electrons. The molecule has 1 aromatic rings. The molecule has 3 nitrogen and oxygen atoms in total. The van der Waals surface area contributed by atoms with E-state index in [9.17, 15) is 0 Å². The van der Waals surface area contributed by atoms with Gasteiger partial charge in [0.1, 0.15) is 0 Å². The van der Waals surface area contributed by atoms with Crippen molar-refractivity contribution in [1.29, 1.82) is 0 Å². The van der Waals surface area contributed by atoms with Crippen LogP contribution < -0.4 is 14.8 Å². The van der Waals surface area contributed by atoms with E-state index in [1.54, 1.807) is 7.11 Å². The molecule has 0 amide bonds. The second kappa shape index (κ2) is 11.2. The molecule has 0 saturated carbocycles. The summed E-state index contributed by atoms with van der Waals surface area (Å²) in [7, 11) is 1.68. The summed E-state index contributed by atoms with van der Waals surface area (Å²) in [6.45, 7) is 4.69. The topological polar surface area (TPSA) is 30.5 Å². The largest absolute Gasteiger partial charge is 0.493 e. The van der Waals surface area contributed by atoms with Crippen LogP contribution in [0.4, 0.5) is 0 Å². The molecule has 0 fully saturated rings. The molecule has 0 aliphatic carbocycles. The van der Waals surface area contributed by atoms with Crippen molar-refractivity contribution in [3.63, 3.8) is 0 Å². The number of nitrogens with one attached hydrogen (secondary N) is 1. The van der Waals surface area contributed by atoms with Crippen molar-refractivity contribution in [3.8, 4) is 11.5 Å². The van der Waals surface area contributed by atoms with Gasteiger partial charge in [-0.25, -0.2) is 0 Å². The Hall–Kier alpha value is -0.390. The van der Waals surface area contributed by atoms with Crippen LogP contribution in [0.5, 0.6) is 11.5 Å². The molecule has 0 radical (unpaired) electrons. The van der Waals surface area contributed by atoms with E-state index in [1.165, 1.54) is 24.2 Å². The summed E-state index contributed by atoms with van der Waals surface area (Å²) < 4.78 is 12.1. The van der Waals surface area contributed by atoms with Crippen molar-refractivity contribution in [1.82, 2.24) is 5.32 Å². The zero-order valence-electron chi connectivity index (χ0n) is 13.2. The van der Waals surface area contributed by atoms with E-state index >= 15 is 0 Å². The molecule has 0 unspecified atom stereocenters. The molecule has 0 spiro atoms. The van der Waals surface area contributed by atoms with Gasteiger partial charge in [-0.05, 0) is 71.4 Å². The number of halogens is 1. The van der Waals surface area contributed by atoms with Gasteiger partial charge in [-0.3, -0.25) is 0 Å². The number of hydrogen-bond acceptors (Lipinski definition) is 4. The zero-order valence-corrected chi connectivity index (χ0v) is 15.6. The summed E-state index contributed by atoms with van der Waals surface area (Å²) in [4.78, 5) is 0. The number of hydrogen-bond donors (Lipinski definition) is 1. The lowest BCUT2D eigenvalue weighted by atomic mass is 10.2. The minimum Gasteiger partial charge on any atom is -0.493 e. The van der Waals surface area contributed by atoms with E-state index in [2.05, 4.69) is 40.5 Å². The lowest BCUT2D eigenvalue weighted by Gasteiger charge is -2.14. The average Bonchev–Trinajstić information content (AvgIpc) is 2.49. The molecule has 0 bridgehead atoms. The van der Waals surface area contributed by atoms with Crippen molar-refractivity contribution in [2.45, 2.75) is 32.7 Å². The molecule has 21 heavy (non-hydrogen) atoms. The van der Waals surface area contributed by atoms with Gasteiger partial charge < -0.3 is 14.8 Å². The SMILES string of the molecule is CCCOc1c(Br)cc(CNCCCCSC)cc1OC. The molecule has 0 heterocycles. The molecule has 1 aromatic carbocycles. The predicted octanol–water partition coefficient (Wildman–Crippen LogP) is 4.48. The highest BCUT2D eigenvalue weighted by Gasteiger charge is 2.11. The summed E-state index contributed by atoms with van der Waals surface area (Å²) >= 11 is 5.48. The quantitative estimate of drug-likeness (QED) is 0.577. The first-order valence-corrected chi connectivity index (χ1v) is 9.60. The van der Waals surface area contributed by atoms with Gasteiger partial charge in [-0.15, -0.1) is 0 Å². The molecular formula is C16H26BrNO2S. The van der Waals surface area contributed by atoms with Crippen LogP contribution in [0.15, 0.2) is 16.6 Å². The van der Waals surface area contributed by atoms with Gasteiger partial charge in [-0.2, -0.15) is 11.8 Å². The lowest BCUT2D eigenvalue weighted by molar-refractivity contribution is 0.292. The van der Waals surface area contributed by atoms with Crippen molar-refractivity contribution in [2.24, 2.45) is 0 Å². The van der Waals surface area contributed by atoms with E-state index in [0.717, 1.165) is 35.5 Å². The normalized spacial score (nSPS) is 10.7. The van der Waals surface area contributed by atoms with Crippen LogP contribution in [0.25, 0.3) is 0 Å². The highest BCUT2D eigenvalue weighted by molar-refractivity contribution is 9.10. The van der Waals surface area contributed by atoms with Crippen LogP contribution >= 0.6 is 27.7 Å². The molecule has 1 N–H and O–H groups in total. The number of rotatable bonds is 11. The van der Waals surface area contributed by atoms with Crippen LogP contribution in [0, 0.1) is 0 Å². The van der Waals surface area contributed by atoms with Gasteiger partial charge in [0.2, 0.25) is 0 Å². The standard InChI is InChI=1S/C16H26BrNO2S/c1-4-8-20-16-14(17)10-13(11-15(16)19-2)12-18-7-5-6-9-21-3/h10-11,18H,4-9,12H2,1-3H3. The number of thioether (sulfide) groups is 1. The monoisotopic (exact) mass is 375 g/mol. The molecule has 5 heteroatoms. The fraction of sp³-hybridized carbons (Fsp3) is 0.625. The van der Waals surface area contributed by atoms with Crippen molar-refractivity contribution in [2.75, 3.05) is 32.3 Å². The van der Waals surface area contributed by atoms with Gasteiger partial charge in [-0.1, -0.05) is 6.92 Å². The van der Waals surface area contributed by atoms with Crippen molar-refractivity contribution in [3.05, 3.63) is 22.2 Å². The fourth-order valence-corrected chi connectivity index (χ4v) is 3.05. The molecular weight excluding hydrogens is 350 g/mol. The van der Waals surface area contributed by atoms with E-state index in [-0.39, 0.29) is 0 Å². The molecule has 0 aliphatic heterocycles. The minimum absolute atomic E-state index is 0.696. The maximum absolute atomic E-state index is 5.74. The Labute approximate surface area is 141 Å². The molecule has 0 saturated heterocycles. The number of ether oxygens (including phenoxy) is 2. The summed E-state index contributed by atoms with van der Waals surface area (Å²) in [6, 6.07) is 4.15. The van der Waals surface area contributed by atoms with E-state index in [0.29, 0.717) is 6.61 Å². The van der Waals surface area contributed by atoms with Crippen LogP contribution in [-0.2, 0) is 6.54 Å². The Bertz CT molecular complexity index is 416. The van der Waals surface area contributed by atoms with Crippen LogP contribution in [0.2, 0.25) is 0 Å². The Morgan fingerprint density at radius 2 is 2.10 bits per heavy atom. The van der Waals surface area contributed by atoms with Crippen LogP contribution in [0.3, 0.4) is 0 Å². The average molecular weight is 376 g/mol. The second-order valence-corrected chi connectivity index (χ2v) is 6.67. The smallest absolute Gasteiger partial charge is 0.175 e. The van der Waals surface area contributed by atoms with Crippen LogP contribution in [0.1, 0.15) is 31.7 Å². The Morgan fingerprint density at radius 3 is 2.76 bits per heavy atom. The van der Waals surface area contributed by atoms with Gasteiger partial charge >= 0.3 is 0 Å². The number of methoxy groups -OCH3 is 1. The summed E-state index contributed by atoms with van der Waals surface area (Å²) in [6.07, 6.45) is 5.62. The fourth-order valence-electron chi connectivity index (χ4n) is 1.95. The maximum atomic E-state index is 5.74. The predicted molar refractivity (Wildman–Crippen MR) is 95.8 cm³/mol. The van der Waals surface area contributed by atoms with E-state index in [1.807, 2.05) is 17.8 Å². The summed E-state index contributed by atoms with van der Waals surface area (Å²) in [5.74, 6) is 2.82. The number of benzene rings is 1. The zero-order chi connectivity index (χ0) is 15.5. The van der Waals surface area contributed by atoms with E-state index in [4.69, 9.17) is 9.47 Å². The summed E-state index contributed by atoms with van der Waals surface area (Å²) in [5, 5.41) is 3.48. The highest BCUT2D eigenvalue weighted by Crippen LogP contribution is 2.36. The minimum atomic E-state index is 0.696. The Kier molecular flexibility index (Phi) is 9.96. The van der Waals surface area contributed by atoms with Crippen LogP contribution in [-0.4, -0.2) is 32.3 Å². The van der Waals surface area contributed by atoms with Crippen molar-refractivity contribution < 1.29 is 9.47 Å². The first-order chi connectivity index (χ1) is 10.2. The Morgan fingerprint density at radius 1 is 1.29 bits per heavy atom. The van der Waals surface area contributed by atoms with Gasteiger partial charge in [0.15, 0.2) is 11.5 Å². The van der Waals surface area contributed by atoms with Gasteiger partial charge in [0.25, 0.3) is 0 Å².